The summed E-state index contributed by atoms with van der Waals surface area (Å²) in [5, 5.41) is 13.9. The number of nitrogens with one attached hydrogen (secondary N) is 1. The van der Waals surface area contributed by atoms with Crippen molar-refractivity contribution in [2.75, 3.05) is 40.9 Å². The fraction of sp³-hybridized carbons (Fsp3) is 0.750. The van der Waals surface area contributed by atoms with Crippen molar-refractivity contribution >= 4 is 13.7 Å². The predicted octanol–water partition coefficient (Wildman–Crippen LogP) is 17.3. The summed E-state index contributed by atoms with van der Waals surface area (Å²) in [4.78, 5) is 23.3. The molecule has 9 heteroatoms. The van der Waals surface area contributed by atoms with E-state index >= 15 is 0 Å². The van der Waals surface area contributed by atoms with Crippen molar-refractivity contribution in [3.05, 3.63) is 85.1 Å². The van der Waals surface area contributed by atoms with Gasteiger partial charge in [-0.1, -0.05) is 234 Å². The van der Waals surface area contributed by atoms with E-state index in [2.05, 4.69) is 92.1 Å². The van der Waals surface area contributed by atoms with Crippen LogP contribution < -0.4 is 5.32 Å². The van der Waals surface area contributed by atoms with Crippen LogP contribution in [-0.2, 0) is 18.4 Å². The Morgan fingerprint density at radius 3 is 1.33 bits per heavy atom. The number of aliphatic hydroxyl groups excluding tert-OH is 1. The zero-order valence-electron chi connectivity index (χ0n) is 45.5. The van der Waals surface area contributed by atoms with Crippen molar-refractivity contribution in [2.45, 2.75) is 251 Å². The molecule has 0 aliphatic heterocycles. The molecule has 0 aliphatic rings. The molecule has 0 fully saturated rings. The van der Waals surface area contributed by atoms with E-state index in [9.17, 15) is 19.4 Å². The standard InChI is InChI=1S/C60H109N2O6P/c1-6-8-10-12-14-16-18-20-22-24-26-28-29-30-31-32-34-35-37-39-41-43-45-47-49-51-53-59(63)58(57-68-69(65,66)67-56-55-62(3,4)5)61-60(64)54-52-50-48-46-44-42-40-38-36-33-27-25-23-21-19-17-15-13-11-9-7-2/h9,11,15,17,21,23,27,33,35,37,43,45,51,53,58-59,63H,6-8,10,12-14,16,18-20,22,24-26,28-32,34,36,38-42,44,46-50,52,54-57H2,1-5H3,(H-,61,64,65,66)/p+1/b11-9-,17-15-,23-21-,33-27-,37-35+,45-43+,53-51+. The van der Waals surface area contributed by atoms with Gasteiger partial charge in [-0.05, 0) is 83.5 Å². The smallest absolute Gasteiger partial charge is 0.387 e. The third kappa shape index (κ3) is 53.3. The molecular formula is C60H110N2O6P+. The molecule has 0 aromatic carbocycles. The van der Waals surface area contributed by atoms with Crippen molar-refractivity contribution in [3.8, 4) is 0 Å². The molecule has 0 saturated heterocycles. The topological polar surface area (TPSA) is 105 Å². The average molecular weight is 987 g/mol. The van der Waals surface area contributed by atoms with Crippen LogP contribution in [0.5, 0.6) is 0 Å². The van der Waals surface area contributed by atoms with Crippen LogP contribution in [0.4, 0.5) is 0 Å². The summed E-state index contributed by atoms with van der Waals surface area (Å²) < 4.78 is 23.7. The number of amides is 1. The highest BCUT2D eigenvalue weighted by molar-refractivity contribution is 7.47. The maximum Gasteiger partial charge on any atom is 0.472 e. The number of rotatable bonds is 51. The van der Waals surface area contributed by atoms with Crippen molar-refractivity contribution in [3.63, 3.8) is 0 Å². The van der Waals surface area contributed by atoms with Crippen LogP contribution in [0, 0.1) is 0 Å². The van der Waals surface area contributed by atoms with Gasteiger partial charge >= 0.3 is 7.82 Å². The molecule has 0 aliphatic carbocycles. The fourth-order valence-electron chi connectivity index (χ4n) is 7.89. The van der Waals surface area contributed by atoms with Gasteiger partial charge in [0.05, 0.1) is 39.9 Å². The van der Waals surface area contributed by atoms with E-state index in [4.69, 9.17) is 9.05 Å². The Kier molecular flexibility index (Phi) is 48.9. The molecule has 0 bridgehead atoms. The Bertz CT molecular complexity index is 1400. The van der Waals surface area contributed by atoms with Gasteiger partial charge in [-0.15, -0.1) is 0 Å². The van der Waals surface area contributed by atoms with Crippen molar-refractivity contribution in [2.24, 2.45) is 0 Å². The zero-order valence-corrected chi connectivity index (χ0v) is 46.4. The molecule has 3 N–H and O–H groups in total. The van der Waals surface area contributed by atoms with Crippen LogP contribution in [-0.4, -0.2) is 73.4 Å². The van der Waals surface area contributed by atoms with E-state index in [0.717, 1.165) is 83.5 Å². The van der Waals surface area contributed by atoms with Gasteiger partial charge in [0.1, 0.15) is 13.2 Å². The summed E-state index contributed by atoms with van der Waals surface area (Å²) in [7, 11) is 1.53. The highest BCUT2D eigenvalue weighted by atomic mass is 31.2. The summed E-state index contributed by atoms with van der Waals surface area (Å²) in [6, 6.07) is -0.880. The number of hydrogen-bond donors (Lipinski definition) is 3. The molecule has 0 spiro atoms. The van der Waals surface area contributed by atoms with Crippen LogP contribution in [0.15, 0.2) is 85.1 Å². The predicted molar refractivity (Wildman–Crippen MR) is 299 cm³/mol. The van der Waals surface area contributed by atoms with Gasteiger partial charge in [-0.2, -0.15) is 0 Å². The Morgan fingerprint density at radius 1 is 0.507 bits per heavy atom. The largest absolute Gasteiger partial charge is 0.472 e. The fourth-order valence-corrected chi connectivity index (χ4v) is 8.62. The zero-order chi connectivity index (χ0) is 50.6. The third-order valence-electron chi connectivity index (χ3n) is 12.3. The maximum absolute atomic E-state index is 13.0. The lowest BCUT2D eigenvalue weighted by atomic mass is 10.0. The highest BCUT2D eigenvalue weighted by Gasteiger charge is 2.27. The molecular weight excluding hydrogens is 876 g/mol. The Hall–Kier alpha value is -2.32. The number of nitrogens with zero attached hydrogens (tertiary/aromatic N) is 1. The molecule has 8 nitrogen and oxygen atoms in total. The molecule has 0 heterocycles. The molecule has 0 aromatic heterocycles. The average Bonchev–Trinajstić information content (AvgIpc) is 3.31. The first-order chi connectivity index (χ1) is 33.5. The van der Waals surface area contributed by atoms with Gasteiger partial charge in [-0.25, -0.2) is 4.57 Å². The molecule has 69 heavy (non-hydrogen) atoms. The SMILES string of the molecule is CC/C=C\C/C=C\C/C=C\C/C=C\CCCCCCCCCCC(=O)NC(COP(=O)(O)OCC[N+](C)(C)C)C(O)/C=C/CC/C=C/CC/C=C/CCCCCCCCCCCCCCCCCC. The van der Waals surface area contributed by atoms with E-state index in [0.29, 0.717) is 17.4 Å². The van der Waals surface area contributed by atoms with Crippen LogP contribution >= 0.6 is 7.82 Å². The number of carbonyl (C=O) groups is 1. The minimum Gasteiger partial charge on any atom is -0.387 e. The van der Waals surface area contributed by atoms with E-state index < -0.39 is 20.0 Å². The number of carbonyl (C=O) groups excluding carboxylic acids is 1. The molecule has 0 aromatic rings. The van der Waals surface area contributed by atoms with Crippen LogP contribution in [0.1, 0.15) is 239 Å². The second kappa shape index (κ2) is 50.6. The van der Waals surface area contributed by atoms with Gasteiger partial charge < -0.3 is 19.8 Å². The summed E-state index contributed by atoms with van der Waals surface area (Å²) in [5.41, 5.74) is 0. The van der Waals surface area contributed by atoms with Gasteiger partial charge in [0.15, 0.2) is 0 Å². The van der Waals surface area contributed by atoms with Crippen molar-refractivity contribution in [1.29, 1.82) is 0 Å². The second-order valence-electron chi connectivity index (χ2n) is 20.3. The molecule has 1 amide bonds. The second-order valence-corrected chi connectivity index (χ2v) is 21.7. The molecule has 400 valence electrons. The minimum atomic E-state index is -4.37. The van der Waals surface area contributed by atoms with Gasteiger partial charge in [-0.3, -0.25) is 13.8 Å². The maximum atomic E-state index is 13.0. The van der Waals surface area contributed by atoms with E-state index in [1.165, 1.54) is 135 Å². The lowest BCUT2D eigenvalue weighted by Gasteiger charge is -2.25. The lowest BCUT2D eigenvalue weighted by molar-refractivity contribution is -0.870. The quantitative estimate of drug-likeness (QED) is 0.0243. The summed E-state index contributed by atoms with van der Waals surface area (Å²) in [6.07, 6.45) is 71.2. The number of phosphoric ester groups is 1. The molecule has 0 saturated carbocycles. The van der Waals surface area contributed by atoms with E-state index in [1.54, 1.807) is 6.08 Å². The van der Waals surface area contributed by atoms with Crippen LogP contribution in [0.2, 0.25) is 0 Å². The van der Waals surface area contributed by atoms with Crippen LogP contribution in [0.25, 0.3) is 0 Å². The highest BCUT2D eigenvalue weighted by Crippen LogP contribution is 2.43. The minimum absolute atomic E-state index is 0.0478. The molecule has 3 atom stereocenters. The van der Waals surface area contributed by atoms with Crippen molar-refractivity contribution < 1.29 is 32.9 Å². The first-order valence-electron chi connectivity index (χ1n) is 28.5. The van der Waals surface area contributed by atoms with Gasteiger partial charge in [0.2, 0.25) is 5.91 Å². The summed E-state index contributed by atoms with van der Waals surface area (Å²) in [5.74, 6) is -0.201. The first kappa shape index (κ1) is 66.7. The molecule has 3 unspecified atom stereocenters. The molecule has 0 rings (SSSR count). The van der Waals surface area contributed by atoms with Gasteiger partial charge in [0, 0.05) is 6.42 Å². The normalized spacial score (nSPS) is 14.6. The van der Waals surface area contributed by atoms with E-state index in [-0.39, 0.29) is 19.1 Å². The first-order valence-corrected chi connectivity index (χ1v) is 30.0. The summed E-state index contributed by atoms with van der Waals surface area (Å²) in [6.45, 7) is 4.68. The van der Waals surface area contributed by atoms with Crippen LogP contribution in [0.3, 0.4) is 0 Å². The third-order valence-corrected chi connectivity index (χ3v) is 13.3. The number of quaternary nitrogens is 1. The Labute approximate surface area is 426 Å². The number of phosphoric acid groups is 1. The number of hydrogen-bond acceptors (Lipinski definition) is 5. The Morgan fingerprint density at radius 2 is 0.884 bits per heavy atom. The summed E-state index contributed by atoms with van der Waals surface area (Å²) >= 11 is 0. The number of aliphatic hydroxyl groups is 1. The molecule has 0 radical (unpaired) electrons. The lowest BCUT2D eigenvalue weighted by Crippen LogP contribution is -2.45. The number of likely N-dealkylation sites (N-methyl/N-ethyl adjacent to an activating group) is 1. The van der Waals surface area contributed by atoms with E-state index in [1.807, 2.05) is 27.2 Å². The Balaban J connectivity index is 4.33. The van der Waals surface area contributed by atoms with Gasteiger partial charge in [0.25, 0.3) is 0 Å². The monoisotopic (exact) mass is 986 g/mol. The number of unbranched alkanes of at least 4 members (excludes halogenated alkanes) is 26. The van der Waals surface area contributed by atoms with Crippen molar-refractivity contribution in [1.82, 2.24) is 5.32 Å². The number of allylic oxidation sites excluding steroid dienone is 13.